The second-order valence-electron chi connectivity index (χ2n) is 2.66. The van der Waals surface area contributed by atoms with Gasteiger partial charge >= 0.3 is 0 Å². The van der Waals surface area contributed by atoms with Crippen molar-refractivity contribution in [2.45, 2.75) is 12.0 Å². The van der Waals surface area contributed by atoms with E-state index < -0.39 is 0 Å². The zero-order chi connectivity index (χ0) is 6.55. The molecule has 0 saturated heterocycles. The first kappa shape index (κ1) is 4.61. The maximum Gasteiger partial charge on any atom is 0.288 e. The summed E-state index contributed by atoms with van der Waals surface area (Å²) in [4.78, 5) is 0. The van der Waals surface area contributed by atoms with E-state index in [1.165, 1.54) is 5.56 Å². The van der Waals surface area contributed by atoms with Crippen LogP contribution in [0.25, 0.3) is 0 Å². The predicted molar refractivity (Wildman–Crippen MR) is 35.0 cm³/mol. The minimum Gasteiger partial charge on any atom is -0.456 e. The van der Waals surface area contributed by atoms with Crippen molar-refractivity contribution >= 4 is 0 Å². The maximum absolute atomic E-state index is 5.39. The van der Waals surface area contributed by atoms with Crippen LogP contribution in [0.5, 0.6) is 5.95 Å². The van der Waals surface area contributed by atoms with Crippen LogP contribution in [0.15, 0.2) is 28.9 Å². The average molecular weight is 134 g/mol. The molecule has 50 valence electrons. The standard InChI is InChI=1S/C8H6O2/c1-2-7-5(1)6-3-4-9-8(6)10-7/h1-5,7H/t5?,7-/m0/s1. The molecule has 1 aromatic rings. The Hall–Kier alpha value is -1.18. The van der Waals surface area contributed by atoms with Crippen molar-refractivity contribution in [3.05, 3.63) is 30.0 Å². The molecule has 0 fully saturated rings. The van der Waals surface area contributed by atoms with Gasteiger partial charge in [0.25, 0.3) is 5.95 Å². The third-order valence-corrected chi connectivity index (χ3v) is 2.12. The molecule has 1 unspecified atom stereocenters. The van der Waals surface area contributed by atoms with Gasteiger partial charge in [-0.3, -0.25) is 0 Å². The lowest BCUT2D eigenvalue weighted by atomic mass is 9.88. The summed E-state index contributed by atoms with van der Waals surface area (Å²) in [6.07, 6.45) is 6.15. The van der Waals surface area contributed by atoms with Crippen LogP contribution in [0.4, 0.5) is 0 Å². The van der Waals surface area contributed by atoms with E-state index in [2.05, 4.69) is 12.2 Å². The summed E-state index contributed by atoms with van der Waals surface area (Å²) in [6.45, 7) is 0. The minimum atomic E-state index is 0.273. The van der Waals surface area contributed by atoms with Gasteiger partial charge in [-0.05, 0) is 12.1 Å². The van der Waals surface area contributed by atoms with E-state index in [4.69, 9.17) is 9.15 Å². The Morgan fingerprint density at radius 2 is 2.30 bits per heavy atom. The van der Waals surface area contributed by atoms with E-state index in [1.807, 2.05) is 6.07 Å². The molecule has 1 aliphatic heterocycles. The second kappa shape index (κ2) is 1.29. The van der Waals surface area contributed by atoms with Gasteiger partial charge in [0.15, 0.2) is 0 Å². The third kappa shape index (κ3) is 0.347. The molecular formula is C8H6O2. The third-order valence-electron chi connectivity index (χ3n) is 2.12. The van der Waals surface area contributed by atoms with E-state index in [1.54, 1.807) is 6.26 Å². The summed E-state index contributed by atoms with van der Waals surface area (Å²) in [7, 11) is 0. The Labute approximate surface area is 58.1 Å². The molecule has 1 aliphatic carbocycles. The zero-order valence-electron chi connectivity index (χ0n) is 5.28. The normalized spacial score (nSPS) is 32.4. The first-order chi connectivity index (χ1) is 4.95. The predicted octanol–water partition coefficient (Wildman–Crippen LogP) is 1.69. The van der Waals surface area contributed by atoms with Crippen LogP contribution >= 0.6 is 0 Å². The highest BCUT2D eigenvalue weighted by atomic mass is 16.6. The monoisotopic (exact) mass is 134 g/mol. The molecule has 2 atom stereocenters. The van der Waals surface area contributed by atoms with E-state index in [0.29, 0.717) is 11.9 Å². The Bertz CT molecular complexity index is 298. The number of hydrogen-bond donors (Lipinski definition) is 0. The van der Waals surface area contributed by atoms with Crippen LogP contribution < -0.4 is 4.74 Å². The first-order valence-electron chi connectivity index (χ1n) is 3.37. The van der Waals surface area contributed by atoms with Gasteiger partial charge in [0.05, 0.1) is 12.2 Å². The van der Waals surface area contributed by atoms with Crippen LogP contribution in [-0.2, 0) is 0 Å². The molecule has 0 saturated carbocycles. The number of ether oxygens (including phenoxy) is 1. The number of furan rings is 1. The molecule has 0 amide bonds. The summed E-state index contributed by atoms with van der Waals surface area (Å²) in [5, 5.41) is 0. The molecule has 2 heterocycles. The maximum atomic E-state index is 5.39. The second-order valence-corrected chi connectivity index (χ2v) is 2.66. The fourth-order valence-electron chi connectivity index (χ4n) is 1.48. The molecule has 2 nitrogen and oxygen atoms in total. The van der Waals surface area contributed by atoms with Crippen LogP contribution in [0.3, 0.4) is 0 Å². The van der Waals surface area contributed by atoms with E-state index in [0.717, 1.165) is 0 Å². The summed E-state index contributed by atoms with van der Waals surface area (Å²) >= 11 is 0. The van der Waals surface area contributed by atoms with E-state index in [-0.39, 0.29) is 6.10 Å². The van der Waals surface area contributed by atoms with E-state index in [9.17, 15) is 0 Å². The lowest BCUT2D eigenvalue weighted by molar-refractivity contribution is 0.201. The van der Waals surface area contributed by atoms with Gasteiger partial charge in [-0.25, -0.2) is 0 Å². The van der Waals surface area contributed by atoms with Crippen molar-refractivity contribution in [3.8, 4) is 5.95 Å². The summed E-state index contributed by atoms with van der Waals surface area (Å²) < 4.78 is 10.5. The average Bonchev–Trinajstić information content (AvgIpc) is 2.35. The quantitative estimate of drug-likeness (QED) is 0.504. The molecule has 3 rings (SSSR count). The largest absolute Gasteiger partial charge is 0.456 e. The van der Waals surface area contributed by atoms with Crippen molar-refractivity contribution < 1.29 is 9.15 Å². The zero-order valence-corrected chi connectivity index (χ0v) is 5.28. The number of fused-ring (bicyclic) bond motifs is 3. The SMILES string of the molecule is C1=C[C@@H]2Oc3occc3C12. The molecule has 0 bridgehead atoms. The van der Waals surface area contributed by atoms with Crippen molar-refractivity contribution in [3.63, 3.8) is 0 Å². The van der Waals surface area contributed by atoms with Crippen LogP contribution in [-0.4, -0.2) is 6.10 Å². The van der Waals surface area contributed by atoms with Crippen LogP contribution in [0.2, 0.25) is 0 Å². The summed E-state index contributed by atoms with van der Waals surface area (Å²) in [5.74, 6) is 1.19. The van der Waals surface area contributed by atoms with Crippen LogP contribution in [0.1, 0.15) is 11.5 Å². The minimum absolute atomic E-state index is 0.273. The Morgan fingerprint density at radius 3 is 3.10 bits per heavy atom. The molecule has 0 aromatic carbocycles. The van der Waals surface area contributed by atoms with Gasteiger partial charge in [-0.2, -0.15) is 0 Å². The Balaban J connectivity index is 2.21. The van der Waals surface area contributed by atoms with Gasteiger partial charge in [0, 0.05) is 5.56 Å². The van der Waals surface area contributed by atoms with Gasteiger partial charge in [0.1, 0.15) is 6.10 Å². The van der Waals surface area contributed by atoms with Crippen molar-refractivity contribution in [1.82, 2.24) is 0 Å². The first-order valence-corrected chi connectivity index (χ1v) is 3.37. The molecule has 0 spiro atoms. The van der Waals surface area contributed by atoms with Gasteiger partial charge in [0.2, 0.25) is 0 Å². The molecule has 0 N–H and O–H groups in total. The van der Waals surface area contributed by atoms with Gasteiger partial charge < -0.3 is 9.15 Å². The lowest BCUT2D eigenvalue weighted by Gasteiger charge is -2.19. The van der Waals surface area contributed by atoms with Crippen molar-refractivity contribution in [1.29, 1.82) is 0 Å². The van der Waals surface area contributed by atoms with Crippen molar-refractivity contribution in [2.24, 2.45) is 0 Å². The van der Waals surface area contributed by atoms with E-state index >= 15 is 0 Å². The Morgan fingerprint density at radius 1 is 1.30 bits per heavy atom. The smallest absolute Gasteiger partial charge is 0.288 e. The lowest BCUT2D eigenvalue weighted by Crippen LogP contribution is -2.21. The number of hydrogen-bond acceptors (Lipinski definition) is 2. The molecule has 1 aromatic heterocycles. The molecule has 0 radical (unpaired) electrons. The summed E-state index contributed by atoms with van der Waals surface area (Å²) in [5.41, 5.74) is 1.20. The fourth-order valence-corrected chi connectivity index (χ4v) is 1.48. The summed E-state index contributed by atoms with van der Waals surface area (Å²) in [6, 6.07) is 1.98. The molecule has 2 aliphatic rings. The van der Waals surface area contributed by atoms with Gasteiger partial charge in [-0.15, -0.1) is 0 Å². The molecule has 2 heteroatoms. The van der Waals surface area contributed by atoms with Gasteiger partial charge in [-0.1, -0.05) is 6.08 Å². The Kier molecular flexibility index (Phi) is 0.592. The highest BCUT2D eigenvalue weighted by molar-refractivity contribution is 5.43. The highest BCUT2D eigenvalue weighted by Gasteiger charge is 2.38. The van der Waals surface area contributed by atoms with Crippen molar-refractivity contribution in [2.75, 3.05) is 0 Å². The fraction of sp³-hybridized carbons (Fsp3) is 0.250. The van der Waals surface area contributed by atoms with Crippen LogP contribution in [0, 0.1) is 0 Å². The number of rotatable bonds is 0. The topological polar surface area (TPSA) is 22.4 Å². The molecule has 10 heavy (non-hydrogen) atoms. The highest BCUT2D eigenvalue weighted by Crippen LogP contribution is 2.44. The molecular weight excluding hydrogens is 128 g/mol.